The van der Waals surface area contributed by atoms with E-state index in [9.17, 15) is 19.0 Å². The summed E-state index contributed by atoms with van der Waals surface area (Å²) in [6, 6.07) is 0. The molecule has 0 bridgehead atoms. The largest absolute Gasteiger partial charge is 0.472 e. The van der Waals surface area contributed by atoms with Gasteiger partial charge in [0.05, 0.1) is 27.7 Å². The highest BCUT2D eigenvalue weighted by Gasteiger charge is 2.27. The summed E-state index contributed by atoms with van der Waals surface area (Å²) in [6.07, 6.45) is 28.4. The highest BCUT2D eigenvalue weighted by atomic mass is 31.2. The molecule has 0 aliphatic rings. The van der Waals surface area contributed by atoms with E-state index in [2.05, 4.69) is 26.0 Å². The zero-order valence-electron chi connectivity index (χ0n) is 31.0. The first kappa shape index (κ1) is 45.8. The Morgan fingerprint density at radius 2 is 1.09 bits per heavy atom. The molecule has 0 aromatic rings. The predicted molar refractivity (Wildman–Crippen MR) is 192 cm³/mol. The number of hydrogen-bond acceptors (Lipinski definition) is 7. The van der Waals surface area contributed by atoms with Gasteiger partial charge in [-0.3, -0.25) is 18.6 Å². The first-order valence-electron chi connectivity index (χ1n) is 18.9. The van der Waals surface area contributed by atoms with Crippen LogP contribution in [0.2, 0.25) is 0 Å². The number of allylic oxidation sites excluding steroid dienone is 2. The van der Waals surface area contributed by atoms with Crippen molar-refractivity contribution in [1.82, 2.24) is 0 Å². The molecule has 0 saturated heterocycles. The maximum atomic E-state index is 12.5. The van der Waals surface area contributed by atoms with Gasteiger partial charge < -0.3 is 18.9 Å². The van der Waals surface area contributed by atoms with Crippen molar-refractivity contribution in [2.45, 2.75) is 168 Å². The third-order valence-corrected chi connectivity index (χ3v) is 9.03. The fourth-order valence-electron chi connectivity index (χ4n) is 5.01. The number of hydrogen-bond donors (Lipinski definition) is 1. The molecule has 0 spiro atoms. The molecular formula is C37H73NO8P+. The Labute approximate surface area is 288 Å². The topological polar surface area (TPSA) is 108 Å². The van der Waals surface area contributed by atoms with Crippen LogP contribution in [0.15, 0.2) is 12.2 Å². The Kier molecular flexibility index (Phi) is 30.0. The number of quaternary nitrogens is 1. The number of phosphoric ester groups is 1. The summed E-state index contributed by atoms with van der Waals surface area (Å²) in [4.78, 5) is 35.0. The molecule has 47 heavy (non-hydrogen) atoms. The fourth-order valence-corrected chi connectivity index (χ4v) is 5.75. The van der Waals surface area contributed by atoms with Gasteiger partial charge in [-0.15, -0.1) is 0 Å². The average Bonchev–Trinajstić information content (AvgIpc) is 3.01. The monoisotopic (exact) mass is 691 g/mol. The van der Waals surface area contributed by atoms with Gasteiger partial charge in [0.2, 0.25) is 0 Å². The highest BCUT2D eigenvalue weighted by molar-refractivity contribution is 7.47. The van der Waals surface area contributed by atoms with Gasteiger partial charge in [-0.2, -0.15) is 0 Å². The van der Waals surface area contributed by atoms with Crippen LogP contribution in [-0.4, -0.2) is 74.9 Å². The van der Waals surface area contributed by atoms with Crippen LogP contribution in [0.4, 0.5) is 0 Å². The molecule has 0 amide bonds. The summed E-state index contributed by atoms with van der Waals surface area (Å²) < 4.78 is 34.0. The first-order chi connectivity index (χ1) is 22.5. The number of unbranched alkanes of at least 4 members (excludes halogenated alkanes) is 18. The van der Waals surface area contributed by atoms with Crippen molar-refractivity contribution in [3.05, 3.63) is 12.2 Å². The molecular weight excluding hydrogens is 617 g/mol. The van der Waals surface area contributed by atoms with E-state index in [1.54, 1.807) is 0 Å². The van der Waals surface area contributed by atoms with Gasteiger partial charge in [0.15, 0.2) is 6.10 Å². The first-order valence-corrected chi connectivity index (χ1v) is 20.4. The third kappa shape index (κ3) is 34.4. The van der Waals surface area contributed by atoms with Crippen molar-refractivity contribution in [2.24, 2.45) is 0 Å². The zero-order valence-corrected chi connectivity index (χ0v) is 31.9. The normalized spacial score (nSPS) is 13.9. The maximum Gasteiger partial charge on any atom is 0.472 e. The quantitative estimate of drug-likeness (QED) is 0.0234. The van der Waals surface area contributed by atoms with Crippen LogP contribution in [0.3, 0.4) is 0 Å². The molecule has 0 aromatic carbocycles. The van der Waals surface area contributed by atoms with Gasteiger partial charge in [-0.1, -0.05) is 122 Å². The lowest BCUT2D eigenvalue weighted by Gasteiger charge is -2.24. The van der Waals surface area contributed by atoms with E-state index in [1.165, 1.54) is 70.6 Å². The number of ether oxygens (including phenoxy) is 2. The summed E-state index contributed by atoms with van der Waals surface area (Å²) in [5, 5.41) is 0. The number of nitrogens with zero attached hydrogens (tertiary/aromatic N) is 1. The summed E-state index contributed by atoms with van der Waals surface area (Å²) in [6.45, 7) is 4.36. The number of esters is 2. The van der Waals surface area contributed by atoms with Crippen molar-refractivity contribution in [2.75, 3.05) is 47.5 Å². The number of carbonyl (C=O) groups is 2. The van der Waals surface area contributed by atoms with Crippen LogP contribution in [0.25, 0.3) is 0 Å². The Morgan fingerprint density at radius 1 is 0.638 bits per heavy atom. The van der Waals surface area contributed by atoms with E-state index in [0.29, 0.717) is 17.4 Å². The number of likely N-dealkylation sites (N-methyl/N-ethyl adjacent to an activating group) is 1. The maximum absolute atomic E-state index is 12.5. The molecule has 1 unspecified atom stereocenters. The zero-order chi connectivity index (χ0) is 35.1. The molecule has 278 valence electrons. The molecule has 0 fully saturated rings. The van der Waals surface area contributed by atoms with Crippen molar-refractivity contribution in [1.29, 1.82) is 0 Å². The van der Waals surface area contributed by atoms with Crippen LogP contribution in [0.1, 0.15) is 162 Å². The second-order valence-corrected chi connectivity index (χ2v) is 15.4. The number of phosphoric acid groups is 1. The molecule has 10 heteroatoms. The lowest BCUT2D eigenvalue weighted by molar-refractivity contribution is -0.870. The minimum atomic E-state index is -4.36. The number of rotatable bonds is 34. The lowest BCUT2D eigenvalue weighted by Crippen LogP contribution is -2.37. The van der Waals surface area contributed by atoms with Gasteiger partial charge in [0, 0.05) is 12.8 Å². The predicted octanol–water partition coefficient (Wildman–Crippen LogP) is 9.85. The highest BCUT2D eigenvalue weighted by Crippen LogP contribution is 2.43. The molecule has 0 heterocycles. The molecule has 2 atom stereocenters. The van der Waals surface area contributed by atoms with Crippen LogP contribution in [0.5, 0.6) is 0 Å². The standard InChI is InChI=1S/C37H72NO8P/c1-6-8-10-12-14-16-17-18-19-20-21-22-24-25-27-29-36(39)43-33-35(34-45-47(41,42)44-32-31-38(3,4)5)46-37(40)30-28-26-23-15-13-11-9-7-2/h18-19,35H,6-17,20-34H2,1-5H3/p+1/b19-18+/t35-/m0/s1. The van der Waals surface area contributed by atoms with E-state index in [0.717, 1.165) is 57.8 Å². The van der Waals surface area contributed by atoms with Gasteiger partial charge in [0.1, 0.15) is 19.8 Å². The molecule has 0 aromatic heterocycles. The van der Waals surface area contributed by atoms with Gasteiger partial charge in [-0.25, -0.2) is 4.57 Å². The SMILES string of the molecule is CCCCCCCC/C=C/CCCCCCCC(=O)OC[C@@H](COP(=O)(O)OCC[N+](C)(C)C)OC(=O)CCCCCCCCCC. The van der Waals surface area contributed by atoms with E-state index < -0.39 is 26.5 Å². The van der Waals surface area contributed by atoms with Crippen molar-refractivity contribution >= 4 is 19.8 Å². The smallest absolute Gasteiger partial charge is 0.462 e. The van der Waals surface area contributed by atoms with Crippen LogP contribution in [0, 0.1) is 0 Å². The van der Waals surface area contributed by atoms with E-state index in [1.807, 2.05) is 21.1 Å². The Hall–Kier alpha value is -1.25. The average molecular weight is 691 g/mol. The minimum absolute atomic E-state index is 0.0329. The van der Waals surface area contributed by atoms with Crippen LogP contribution in [-0.2, 0) is 32.7 Å². The third-order valence-electron chi connectivity index (χ3n) is 8.05. The molecule has 0 radical (unpaired) electrons. The van der Waals surface area contributed by atoms with E-state index in [-0.39, 0.29) is 32.0 Å². The van der Waals surface area contributed by atoms with Gasteiger partial charge in [0.25, 0.3) is 0 Å². The fraction of sp³-hybridized carbons (Fsp3) is 0.892. The lowest BCUT2D eigenvalue weighted by atomic mass is 10.1. The second kappa shape index (κ2) is 30.8. The molecule has 0 aliphatic carbocycles. The molecule has 0 saturated carbocycles. The van der Waals surface area contributed by atoms with Crippen LogP contribution >= 0.6 is 7.82 Å². The summed E-state index contributed by atoms with van der Waals surface area (Å²) >= 11 is 0. The van der Waals surface area contributed by atoms with E-state index in [4.69, 9.17) is 18.5 Å². The molecule has 0 aliphatic heterocycles. The minimum Gasteiger partial charge on any atom is -0.462 e. The van der Waals surface area contributed by atoms with Gasteiger partial charge in [-0.05, 0) is 38.5 Å². The number of carbonyl (C=O) groups excluding carboxylic acids is 2. The Bertz CT molecular complexity index is 830. The van der Waals surface area contributed by atoms with Crippen molar-refractivity contribution in [3.63, 3.8) is 0 Å². The Morgan fingerprint density at radius 3 is 1.57 bits per heavy atom. The van der Waals surface area contributed by atoms with Crippen molar-refractivity contribution in [3.8, 4) is 0 Å². The summed E-state index contributed by atoms with van der Waals surface area (Å²) in [5.41, 5.74) is 0. The summed E-state index contributed by atoms with van der Waals surface area (Å²) in [7, 11) is 1.47. The van der Waals surface area contributed by atoms with Gasteiger partial charge >= 0.3 is 19.8 Å². The Balaban J connectivity index is 4.38. The van der Waals surface area contributed by atoms with E-state index >= 15 is 0 Å². The molecule has 0 rings (SSSR count). The van der Waals surface area contributed by atoms with Crippen LogP contribution < -0.4 is 0 Å². The molecule has 1 N–H and O–H groups in total. The molecule has 9 nitrogen and oxygen atoms in total. The summed E-state index contributed by atoms with van der Waals surface area (Å²) in [5.74, 6) is -0.810. The second-order valence-electron chi connectivity index (χ2n) is 14.0. The van der Waals surface area contributed by atoms with Crippen molar-refractivity contribution < 1.29 is 42.1 Å².